The van der Waals surface area contributed by atoms with E-state index in [1.807, 2.05) is 0 Å². The highest BCUT2D eigenvalue weighted by molar-refractivity contribution is 4.79. The van der Waals surface area contributed by atoms with E-state index in [2.05, 4.69) is 15.5 Å². The van der Waals surface area contributed by atoms with Gasteiger partial charge >= 0.3 is 0 Å². The van der Waals surface area contributed by atoms with E-state index in [1.54, 1.807) is 0 Å². The average Bonchev–Trinajstić information content (AvgIpc) is 2.28. The van der Waals surface area contributed by atoms with Crippen LogP contribution >= 0.6 is 0 Å². The molecule has 2 saturated heterocycles. The van der Waals surface area contributed by atoms with Crippen molar-refractivity contribution in [3.63, 3.8) is 0 Å². The standard InChI is InChI=1S/C8H17N3/c1-3-9-7-8-10-4-2-6-11(8)5-1/h8-10H,1-7H2. The summed E-state index contributed by atoms with van der Waals surface area (Å²) in [7, 11) is 0. The number of nitrogens with zero attached hydrogens (tertiary/aromatic N) is 1. The lowest BCUT2D eigenvalue weighted by Crippen LogP contribution is -2.54. The number of hydrogen-bond donors (Lipinski definition) is 2. The van der Waals surface area contributed by atoms with Crippen LogP contribution in [0.2, 0.25) is 0 Å². The van der Waals surface area contributed by atoms with Crippen LogP contribution in [-0.2, 0) is 0 Å². The van der Waals surface area contributed by atoms with E-state index < -0.39 is 0 Å². The van der Waals surface area contributed by atoms with Crippen molar-refractivity contribution in [2.45, 2.75) is 19.0 Å². The summed E-state index contributed by atoms with van der Waals surface area (Å²) in [6.45, 7) is 6.07. The van der Waals surface area contributed by atoms with Crippen molar-refractivity contribution in [1.82, 2.24) is 15.5 Å². The molecule has 0 radical (unpaired) electrons. The molecular weight excluding hydrogens is 138 g/mol. The first kappa shape index (κ1) is 7.53. The normalized spacial score (nSPS) is 34.4. The molecule has 2 aliphatic heterocycles. The Morgan fingerprint density at radius 1 is 1.09 bits per heavy atom. The summed E-state index contributed by atoms with van der Waals surface area (Å²) in [6.07, 6.45) is 3.24. The minimum atomic E-state index is 0.617. The van der Waals surface area contributed by atoms with Gasteiger partial charge in [0, 0.05) is 19.6 Å². The number of fused-ring (bicyclic) bond motifs is 1. The topological polar surface area (TPSA) is 27.3 Å². The maximum absolute atomic E-state index is 3.52. The van der Waals surface area contributed by atoms with E-state index in [9.17, 15) is 0 Å². The van der Waals surface area contributed by atoms with Crippen LogP contribution in [0.5, 0.6) is 0 Å². The maximum atomic E-state index is 3.52. The number of rotatable bonds is 0. The Labute approximate surface area is 68.1 Å². The minimum absolute atomic E-state index is 0.617. The van der Waals surface area contributed by atoms with Crippen molar-refractivity contribution in [1.29, 1.82) is 0 Å². The Hall–Kier alpha value is -0.120. The van der Waals surface area contributed by atoms with Gasteiger partial charge < -0.3 is 10.6 Å². The Morgan fingerprint density at radius 3 is 2.82 bits per heavy atom. The highest BCUT2D eigenvalue weighted by Crippen LogP contribution is 2.06. The van der Waals surface area contributed by atoms with Gasteiger partial charge in [-0.1, -0.05) is 0 Å². The lowest BCUT2D eigenvalue weighted by Gasteiger charge is -2.34. The summed E-state index contributed by atoms with van der Waals surface area (Å²) < 4.78 is 0. The van der Waals surface area contributed by atoms with Gasteiger partial charge in [0.25, 0.3) is 0 Å². The predicted molar refractivity (Wildman–Crippen MR) is 45.5 cm³/mol. The second-order valence-electron chi connectivity index (χ2n) is 3.42. The van der Waals surface area contributed by atoms with E-state index in [1.165, 1.54) is 39.0 Å². The molecule has 2 aliphatic rings. The second kappa shape index (κ2) is 3.52. The fourth-order valence-corrected chi connectivity index (χ4v) is 1.95. The molecule has 0 amide bonds. The zero-order valence-electron chi connectivity index (χ0n) is 6.97. The van der Waals surface area contributed by atoms with Crippen LogP contribution in [0.15, 0.2) is 0 Å². The molecule has 0 aromatic rings. The first-order chi connectivity index (χ1) is 5.47. The molecule has 0 saturated carbocycles. The Kier molecular flexibility index (Phi) is 2.41. The monoisotopic (exact) mass is 155 g/mol. The van der Waals surface area contributed by atoms with E-state index in [0.717, 1.165) is 6.54 Å². The smallest absolute Gasteiger partial charge is 0.0725 e. The van der Waals surface area contributed by atoms with Gasteiger partial charge in [0.2, 0.25) is 0 Å². The molecule has 0 bridgehead atoms. The minimum Gasteiger partial charge on any atom is -0.314 e. The quantitative estimate of drug-likeness (QED) is 0.498. The molecule has 2 heterocycles. The van der Waals surface area contributed by atoms with Crippen LogP contribution in [-0.4, -0.2) is 43.8 Å². The second-order valence-corrected chi connectivity index (χ2v) is 3.42. The van der Waals surface area contributed by atoms with Gasteiger partial charge in [-0.2, -0.15) is 0 Å². The Balaban J connectivity index is 1.93. The van der Waals surface area contributed by atoms with E-state index in [4.69, 9.17) is 0 Å². The fourth-order valence-electron chi connectivity index (χ4n) is 1.95. The van der Waals surface area contributed by atoms with Crippen LogP contribution in [0.3, 0.4) is 0 Å². The molecule has 2 fully saturated rings. The molecule has 11 heavy (non-hydrogen) atoms. The summed E-state index contributed by atoms with van der Waals surface area (Å²) in [5.41, 5.74) is 0. The molecule has 3 nitrogen and oxygen atoms in total. The highest BCUT2D eigenvalue weighted by Gasteiger charge is 2.22. The zero-order valence-corrected chi connectivity index (χ0v) is 6.97. The summed E-state index contributed by atoms with van der Waals surface area (Å²) >= 11 is 0. The van der Waals surface area contributed by atoms with Crippen molar-refractivity contribution < 1.29 is 0 Å². The third-order valence-electron chi connectivity index (χ3n) is 2.58. The van der Waals surface area contributed by atoms with Crippen molar-refractivity contribution in [3.05, 3.63) is 0 Å². The summed E-state index contributed by atoms with van der Waals surface area (Å²) in [4.78, 5) is 2.56. The average molecular weight is 155 g/mol. The maximum Gasteiger partial charge on any atom is 0.0725 e. The van der Waals surface area contributed by atoms with Crippen LogP contribution in [0.25, 0.3) is 0 Å². The predicted octanol–water partition coefficient (Wildman–Crippen LogP) is -0.399. The third kappa shape index (κ3) is 1.72. The van der Waals surface area contributed by atoms with Crippen LogP contribution in [0.1, 0.15) is 12.8 Å². The van der Waals surface area contributed by atoms with Crippen LogP contribution < -0.4 is 10.6 Å². The molecule has 2 N–H and O–H groups in total. The van der Waals surface area contributed by atoms with Crippen molar-refractivity contribution in [2.24, 2.45) is 0 Å². The molecule has 0 aliphatic carbocycles. The van der Waals surface area contributed by atoms with E-state index in [-0.39, 0.29) is 0 Å². The molecule has 64 valence electrons. The molecule has 3 heteroatoms. The van der Waals surface area contributed by atoms with E-state index >= 15 is 0 Å². The molecular formula is C8H17N3. The van der Waals surface area contributed by atoms with Gasteiger partial charge in [-0.3, -0.25) is 4.90 Å². The molecule has 1 atom stereocenters. The van der Waals surface area contributed by atoms with Gasteiger partial charge in [0.05, 0.1) is 6.17 Å². The van der Waals surface area contributed by atoms with Crippen molar-refractivity contribution >= 4 is 0 Å². The van der Waals surface area contributed by atoms with Gasteiger partial charge in [0.1, 0.15) is 0 Å². The summed E-state index contributed by atoms with van der Waals surface area (Å²) in [6, 6.07) is 0. The SMILES string of the molecule is C1CNCC2NCCCN2C1. The summed E-state index contributed by atoms with van der Waals surface area (Å²) in [5, 5.41) is 6.97. The van der Waals surface area contributed by atoms with Crippen molar-refractivity contribution in [3.8, 4) is 0 Å². The first-order valence-corrected chi connectivity index (χ1v) is 4.65. The largest absolute Gasteiger partial charge is 0.314 e. The van der Waals surface area contributed by atoms with E-state index in [0.29, 0.717) is 6.17 Å². The molecule has 0 aromatic heterocycles. The summed E-state index contributed by atoms with van der Waals surface area (Å²) in [5.74, 6) is 0. The lowest BCUT2D eigenvalue weighted by molar-refractivity contribution is 0.143. The van der Waals surface area contributed by atoms with Gasteiger partial charge in [-0.15, -0.1) is 0 Å². The third-order valence-corrected chi connectivity index (χ3v) is 2.58. The highest BCUT2D eigenvalue weighted by atomic mass is 15.3. The van der Waals surface area contributed by atoms with Crippen LogP contribution in [0.4, 0.5) is 0 Å². The number of nitrogens with one attached hydrogen (secondary N) is 2. The van der Waals surface area contributed by atoms with Gasteiger partial charge in [-0.25, -0.2) is 0 Å². The Bertz CT molecular complexity index is 113. The van der Waals surface area contributed by atoms with Gasteiger partial charge in [0.15, 0.2) is 0 Å². The first-order valence-electron chi connectivity index (χ1n) is 4.65. The molecule has 0 aromatic carbocycles. The number of hydrogen-bond acceptors (Lipinski definition) is 3. The molecule has 1 unspecified atom stereocenters. The molecule has 0 spiro atoms. The van der Waals surface area contributed by atoms with Crippen molar-refractivity contribution in [2.75, 3.05) is 32.7 Å². The van der Waals surface area contributed by atoms with Gasteiger partial charge in [-0.05, 0) is 25.9 Å². The fraction of sp³-hybridized carbons (Fsp3) is 1.00. The zero-order chi connectivity index (χ0) is 7.52. The Morgan fingerprint density at radius 2 is 1.91 bits per heavy atom. The lowest BCUT2D eigenvalue weighted by atomic mass is 10.2. The van der Waals surface area contributed by atoms with Crippen LogP contribution in [0, 0.1) is 0 Å². The molecule has 2 rings (SSSR count).